The summed E-state index contributed by atoms with van der Waals surface area (Å²) in [4.78, 5) is 20.7. The normalized spacial score (nSPS) is 8.43. The van der Waals surface area contributed by atoms with E-state index in [-0.39, 0.29) is 11.9 Å². The van der Waals surface area contributed by atoms with Crippen LogP contribution in [0.25, 0.3) is 0 Å². The highest BCUT2D eigenvalue weighted by Gasteiger charge is 1.98. The molecule has 0 saturated carbocycles. The second kappa shape index (κ2) is 23.7. The fourth-order valence-electron chi connectivity index (χ4n) is 0.802. The number of esters is 2. The number of rotatable bonds is 8. The molecule has 126 valence electrons. The van der Waals surface area contributed by atoms with Gasteiger partial charge in [0.1, 0.15) is 6.61 Å². The zero-order valence-electron chi connectivity index (χ0n) is 14.0. The van der Waals surface area contributed by atoms with Crippen molar-refractivity contribution in [1.29, 1.82) is 0 Å². The lowest BCUT2D eigenvalue weighted by Crippen LogP contribution is -2.07. The summed E-state index contributed by atoms with van der Waals surface area (Å²) in [6, 6.07) is 0. The van der Waals surface area contributed by atoms with Crippen molar-refractivity contribution in [2.75, 3.05) is 40.1 Å². The molecule has 0 aliphatic carbocycles. The molecule has 0 amide bonds. The van der Waals surface area contributed by atoms with Crippen molar-refractivity contribution in [3.63, 3.8) is 0 Å². The topological polar surface area (TPSA) is 71.1 Å². The number of carbonyl (C=O) groups is 2. The first kappa shape index (κ1) is 24.6. The van der Waals surface area contributed by atoms with Crippen molar-refractivity contribution < 1.29 is 28.5 Å². The molecule has 0 aliphatic rings. The number of ether oxygens (including phenoxy) is 4. The lowest BCUT2D eigenvalue weighted by atomic mass is 10.5. The van der Waals surface area contributed by atoms with E-state index in [4.69, 9.17) is 4.74 Å². The van der Waals surface area contributed by atoms with E-state index in [0.717, 1.165) is 0 Å². The molecule has 0 fully saturated rings. The Morgan fingerprint density at radius 2 is 1.62 bits per heavy atom. The van der Waals surface area contributed by atoms with Crippen LogP contribution in [0.4, 0.5) is 0 Å². The summed E-state index contributed by atoms with van der Waals surface area (Å²) < 4.78 is 18.8. The molecule has 6 nitrogen and oxygen atoms in total. The quantitative estimate of drug-likeness (QED) is 0.389. The Balaban J connectivity index is -0.000000264. The molecule has 0 saturated heterocycles. The van der Waals surface area contributed by atoms with Crippen LogP contribution in [-0.4, -0.2) is 52.1 Å². The Bertz CT molecular complexity index is 240. The van der Waals surface area contributed by atoms with Crippen LogP contribution in [0.2, 0.25) is 0 Å². The molecule has 0 unspecified atom stereocenters. The van der Waals surface area contributed by atoms with E-state index >= 15 is 0 Å². The van der Waals surface area contributed by atoms with E-state index in [9.17, 15) is 9.59 Å². The zero-order valence-corrected chi connectivity index (χ0v) is 14.0. The Hall–Kier alpha value is -1.40. The molecule has 0 aromatic rings. The summed E-state index contributed by atoms with van der Waals surface area (Å²) in [5.74, 6) is -0.446. The fourth-order valence-corrected chi connectivity index (χ4v) is 0.802. The summed E-state index contributed by atoms with van der Waals surface area (Å²) in [6.45, 7) is 12.7. The third-order valence-corrected chi connectivity index (χ3v) is 1.55. The van der Waals surface area contributed by atoms with Crippen molar-refractivity contribution in [3.05, 3.63) is 12.7 Å². The Kier molecular flexibility index (Phi) is 27.7. The first-order valence-corrected chi connectivity index (χ1v) is 6.92. The maximum Gasteiger partial charge on any atom is 0.308 e. The van der Waals surface area contributed by atoms with Crippen LogP contribution in [0.15, 0.2) is 12.7 Å². The van der Waals surface area contributed by atoms with Crippen molar-refractivity contribution in [2.24, 2.45) is 0 Å². The van der Waals surface area contributed by atoms with Crippen LogP contribution < -0.4 is 0 Å². The number of hydrogen-bond donors (Lipinski definition) is 0. The van der Waals surface area contributed by atoms with Crippen molar-refractivity contribution in [3.8, 4) is 0 Å². The molecule has 21 heavy (non-hydrogen) atoms. The molecule has 0 aromatic carbocycles. The molecule has 0 aromatic heterocycles. The van der Waals surface area contributed by atoms with Crippen molar-refractivity contribution in [1.82, 2.24) is 0 Å². The molecule has 0 heterocycles. The van der Waals surface area contributed by atoms with Crippen LogP contribution in [0.5, 0.6) is 0 Å². The first-order valence-electron chi connectivity index (χ1n) is 6.92. The summed E-state index contributed by atoms with van der Waals surface area (Å²) in [7, 11) is 1.56. The lowest BCUT2D eigenvalue weighted by Gasteiger charge is -2.00. The average molecular weight is 306 g/mol. The summed E-state index contributed by atoms with van der Waals surface area (Å²) >= 11 is 0. The number of allylic oxidation sites excluding steroid dienone is 1. The summed E-state index contributed by atoms with van der Waals surface area (Å²) in [6.07, 6.45) is 2.11. The highest BCUT2D eigenvalue weighted by atomic mass is 16.6. The Morgan fingerprint density at radius 3 is 2.00 bits per heavy atom. The Morgan fingerprint density at radius 1 is 1.05 bits per heavy atom. The Labute approximate surface area is 128 Å². The van der Waals surface area contributed by atoms with Crippen LogP contribution in [0.3, 0.4) is 0 Å². The highest BCUT2D eigenvalue weighted by molar-refractivity contribution is 5.69. The summed E-state index contributed by atoms with van der Waals surface area (Å²) in [5, 5.41) is 0. The third-order valence-electron chi connectivity index (χ3n) is 1.55. The summed E-state index contributed by atoms with van der Waals surface area (Å²) in [5.41, 5.74) is 0. The van der Waals surface area contributed by atoms with E-state index in [2.05, 4.69) is 20.8 Å². The van der Waals surface area contributed by atoms with Gasteiger partial charge in [-0.25, -0.2) is 0 Å². The van der Waals surface area contributed by atoms with E-state index in [1.165, 1.54) is 6.92 Å². The van der Waals surface area contributed by atoms with Crippen LogP contribution in [0.1, 0.15) is 34.1 Å². The molecule has 0 rings (SSSR count). The van der Waals surface area contributed by atoms with Gasteiger partial charge < -0.3 is 18.9 Å². The van der Waals surface area contributed by atoms with Crippen LogP contribution >= 0.6 is 0 Å². The van der Waals surface area contributed by atoms with Crippen molar-refractivity contribution >= 4 is 11.9 Å². The molecule has 0 aliphatic heterocycles. The number of methoxy groups -OCH3 is 1. The third kappa shape index (κ3) is 38.1. The molecule has 0 radical (unpaired) electrons. The molecule has 0 bridgehead atoms. The molecule has 6 heteroatoms. The second-order valence-electron chi connectivity index (χ2n) is 3.49. The van der Waals surface area contributed by atoms with Crippen molar-refractivity contribution in [2.45, 2.75) is 34.1 Å². The van der Waals surface area contributed by atoms with Gasteiger partial charge in [0.05, 0.1) is 26.2 Å². The van der Waals surface area contributed by atoms with Gasteiger partial charge in [-0.1, -0.05) is 6.08 Å². The highest BCUT2D eigenvalue weighted by Crippen LogP contribution is 1.86. The van der Waals surface area contributed by atoms with Gasteiger partial charge in [0.15, 0.2) is 0 Å². The molecular weight excluding hydrogens is 276 g/mol. The minimum Gasteiger partial charge on any atom is -0.466 e. The maximum atomic E-state index is 10.6. The fraction of sp³-hybridized carbons (Fsp3) is 0.733. The zero-order chi connectivity index (χ0) is 16.9. The van der Waals surface area contributed by atoms with Gasteiger partial charge in [0.25, 0.3) is 0 Å². The minimum absolute atomic E-state index is 0.184. The predicted octanol–water partition coefficient (Wildman–Crippen LogP) is 2.36. The van der Waals surface area contributed by atoms with E-state index in [0.29, 0.717) is 39.5 Å². The minimum atomic E-state index is -0.262. The van der Waals surface area contributed by atoms with E-state index in [1.54, 1.807) is 20.1 Å². The van der Waals surface area contributed by atoms with Gasteiger partial charge in [0, 0.05) is 20.6 Å². The van der Waals surface area contributed by atoms with E-state index in [1.807, 2.05) is 13.8 Å². The molecule has 0 atom stereocenters. The smallest absolute Gasteiger partial charge is 0.308 e. The standard InChI is InChI=1S/C7H14O3.C5H10O3.C3H6/c1-3-9-6-5-7(8)10-4-2;1-5(6)8-4-3-7-2;1-3-2/h3-6H2,1-2H3;3-4H2,1-2H3;3H,1H2,2H3. The molecular formula is C15H30O6. The van der Waals surface area contributed by atoms with Gasteiger partial charge in [0.2, 0.25) is 0 Å². The SMILES string of the molecule is C=CC.CCOCCC(=O)OCC.COCCOC(C)=O. The van der Waals surface area contributed by atoms with Crippen LogP contribution in [0, 0.1) is 0 Å². The average Bonchev–Trinajstić information content (AvgIpc) is 2.41. The van der Waals surface area contributed by atoms with E-state index < -0.39 is 0 Å². The largest absolute Gasteiger partial charge is 0.466 e. The number of hydrogen-bond acceptors (Lipinski definition) is 6. The number of carbonyl (C=O) groups excluding carboxylic acids is 2. The van der Waals surface area contributed by atoms with Gasteiger partial charge in [-0.15, -0.1) is 6.58 Å². The van der Waals surface area contributed by atoms with Crippen LogP contribution in [-0.2, 0) is 28.5 Å². The monoisotopic (exact) mass is 306 g/mol. The van der Waals surface area contributed by atoms with Gasteiger partial charge in [-0.05, 0) is 20.8 Å². The van der Waals surface area contributed by atoms with Gasteiger partial charge in [-0.3, -0.25) is 9.59 Å². The first-order chi connectivity index (χ1) is 9.99. The lowest BCUT2D eigenvalue weighted by molar-refractivity contribution is -0.144. The van der Waals surface area contributed by atoms with Gasteiger partial charge in [-0.2, -0.15) is 0 Å². The van der Waals surface area contributed by atoms with Gasteiger partial charge >= 0.3 is 11.9 Å². The predicted molar refractivity (Wildman–Crippen MR) is 82.1 cm³/mol. The second-order valence-corrected chi connectivity index (χ2v) is 3.49. The molecule has 0 N–H and O–H groups in total. The maximum absolute atomic E-state index is 10.6. The molecule has 0 spiro atoms.